The molecule has 0 aromatic heterocycles. The van der Waals surface area contributed by atoms with Crippen LogP contribution >= 0.6 is 0 Å². The number of piperidine rings is 1. The molecule has 1 aliphatic heterocycles. The minimum absolute atomic E-state index is 0.0355. The van der Waals surface area contributed by atoms with E-state index in [1.165, 1.54) is 26.0 Å². The highest BCUT2D eigenvalue weighted by Crippen LogP contribution is 2.22. The first kappa shape index (κ1) is 29.4. The summed E-state index contributed by atoms with van der Waals surface area (Å²) in [5.41, 5.74) is 12.1. The molecule has 1 heterocycles. The van der Waals surface area contributed by atoms with Gasteiger partial charge in [0.25, 0.3) is 0 Å². The number of halogens is 1. The van der Waals surface area contributed by atoms with Crippen molar-refractivity contribution in [3.63, 3.8) is 0 Å². The van der Waals surface area contributed by atoms with Gasteiger partial charge in [-0.25, -0.2) is 14.0 Å². The van der Waals surface area contributed by atoms with Crippen LogP contribution in [0.5, 0.6) is 11.5 Å². The van der Waals surface area contributed by atoms with Crippen molar-refractivity contribution in [1.82, 2.24) is 4.90 Å². The van der Waals surface area contributed by atoms with E-state index in [1.807, 2.05) is 0 Å². The molecule has 2 aromatic rings. The smallest absolute Gasteiger partial charge is 0.332 e. The second-order valence-corrected chi connectivity index (χ2v) is 9.08. The Bertz CT molecular complexity index is 1180. The highest BCUT2D eigenvalue weighted by Gasteiger charge is 2.20. The van der Waals surface area contributed by atoms with E-state index in [2.05, 4.69) is 24.9 Å². The van der Waals surface area contributed by atoms with E-state index < -0.39 is 17.8 Å². The van der Waals surface area contributed by atoms with Gasteiger partial charge < -0.3 is 35.5 Å². The predicted molar refractivity (Wildman–Crippen MR) is 143 cm³/mol. The Kier molecular flexibility index (Phi) is 11.0. The molecule has 1 aliphatic rings. The number of likely N-dealkylation sites (tertiary alicyclic amines) is 1. The average molecular weight is 544 g/mol. The molecule has 0 spiro atoms. The number of oxime groups is 2. The third kappa shape index (κ3) is 9.89. The van der Waals surface area contributed by atoms with E-state index in [-0.39, 0.29) is 17.2 Å². The van der Waals surface area contributed by atoms with E-state index in [4.69, 9.17) is 20.9 Å². The summed E-state index contributed by atoms with van der Waals surface area (Å²) in [5.74, 6) is -0.384. The molecule has 1 fully saturated rings. The third-order valence-electron chi connectivity index (χ3n) is 5.99. The number of carbonyl (C=O) groups excluding carboxylic acids is 2. The lowest BCUT2D eigenvalue weighted by molar-refractivity contribution is -0.141. The van der Waals surface area contributed by atoms with E-state index in [0.717, 1.165) is 44.6 Å². The van der Waals surface area contributed by atoms with Crippen molar-refractivity contribution < 1.29 is 33.1 Å². The molecule has 3 rings (SSSR count). The van der Waals surface area contributed by atoms with Gasteiger partial charge in [-0.2, -0.15) is 0 Å². The van der Waals surface area contributed by atoms with Crippen LogP contribution in [0.15, 0.2) is 52.8 Å². The van der Waals surface area contributed by atoms with Gasteiger partial charge in [0.15, 0.2) is 11.7 Å². The SMILES string of the molecule is CC(=O)ON=C(N)c1ccc(OCCCN2CCC(COc3ccc(C(N)=NOC(C)=O)c(F)c3)CC2)cc1. The summed E-state index contributed by atoms with van der Waals surface area (Å²) in [6.45, 7) is 6.35. The number of carbonyl (C=O) groups is 2. The largest absolute Gasteiger partial charge is 0.494 e. The van der Waals surface area contributed by atoms with Crippen LogP contribution in [0.25, 0.3) is 0 Å². The quantitative estimate of drug-likeness (QED) is 0.135. The zero-order valence-electron chi connectivity index (χ0n) is 22.1. The zero-order valence-corrected chi connectivity index (χ0v) is 22.1. The normalized spacial score (nSPS) is 15.1. The lowest BCUT2D eigenvalue weighted by Gasteiger charge is -2.31. The van der Waals surface area contributed by atoms with Crippen LogP contribution in [-0.4, -0.2) is 61.4 Å². The van der Waals surface area contributed by atoms with E-state index >= 15 is 0 Å². The third-order valence-corrected chi connectivity index (χ3v) is 5.99. The van der Waals surface area contributed by atoms with Crippen LogP contribution < -0.4 is 20.9 Å². The van der Waals surface area contributed by atoms with Crippen molar-refractivity contribution >= 4 is 23.6 Å². The number of rotatable bonds is 12. The number of nitrogens with two attached hydrogens (primary N) is 2. The first-order valence-corrected chi connectivity index (χ1v) is 12.6. The van der Waals surface area contributed by atoms with Crippen LogP contribution in [0.2, 0.25) is 0 Å². The average Bonchev–Trinajstić information content (AvgIpc) is 2.92. The standard InChI is InChI=1S/C27H34FN5O6/c1-18(34)38-31-26(29)21-4-6-22(7-5-21)36-15-3-12-33-13-10-20(11-14-33)17-37-23-8-9-24(25(28)16-23)27(30)32-39-19(2)35/h4-9,16,20H,3,10-15,17H2,1-2H3,(H2,29,31)(H2,30,32). The van der Waals surface area contributed by atoms with Crippen LogP contribution in [0.1, 0.15) is 44.2 Å². The molecule has 1 saturated heterocycles. The maximum atomic E-state index is 14.4. The van der Waals surface area contributed by atoms with Crippen molar-refractivity contribution in [2.24, 2.45) is 27.7 Å². The fraction of sp³-hybridized carbons (Fsp3) is 0.407. The Labute approximate surface area is 226 Å². The molecule has 12 heteroatoms. The molecule has 39 heavy (non-hydrogen) atoms. The number of nitrogens with zero attached hydrogens (tertiary/aromatic N) is 3. The number of hydrogen-bond donors (Lipinski definition) is 2. The van der Waals surface area contributed by atoms with Crippen molar-refractivity contribution in [2.75, 3.05) is 32.8 Å². The first-order chi connectivity index (χ1) is 18.7. The second-order valence-electron chi connectivity index (χ2n) is 9.08. The highest BCUT2D eigenvalue weighted by molar-refractivity contribution is 5.98. The number of hydrogen-bond acceptors (Lipinski definition) is 9. The van der Waals surface area contributed by atoms with Crippen molar-refractivity contribution in [3.05, 3.63) is 59.4 Å². The molecule has 0 radical (unpaired) electrons. The van der Waals surface area contributed by atoms with Crippen molar-refractivity contribution in [1.29, 1.82) is 0 Å². The van der Waals surface area contributed by atoms with E-state index in [9.17, 15) is 14.0 Å². The fourth-order valence-electron chi connectivity index (χ4n) is 3.91. The number of ether oxygens (including phenoxy) is 2. The zero-order chi connectivity index (χ0) is 28.2. The Balaban J connectivity index is 1.33. The summed E-state index contributed by atoms with van der Waals surface area (Å²) in [5, 5.41) is 6.96. The molecule has 0 bridgehead atoms. The van der Waals surface area contributed by atoms with Gasteiger partial charge in [-0.3, -0.25) is 0 Å². The van der Waals surface area contributed by atoms with Gasteiger partial charge in [0, 0.05) is 32.0 Å². The van der Waals surface area contributed by atoms with Gasteiger partial charge >= 0.3 is 11.9 Å². The van der Waals surface area contributed by atoms with Gasteiger partial charge in [-0.1, -0.05) is 10.3 Å². The molecule has 2 aromatic carbocycles. The Hall–Kier alpha value is -4.19. The Morgan fingerprint density at radius 2 is 1.54 bits per heavy atom. The maximum Gasteiger partial charge on any atom is 0.332 e. The second kappa shape index (κ2) is 14.7. The van der Waals surface area contributed by atoms with Crippen LogP contribution in [0.4, 0.5) is 4.39 Å². The Morgan fingerprint density at radius 1 is 0.923 bits per heavy atom. The molecular weight excluding hydrogens is 509 g/mol. The Morgan fingerprint density at radius 3 is 2.15 bits per heavy atom. The molecule has 210 valence electrons. The number of benzene rings is 2. The monoisotopic (exact) mass is 543 g/mol. The summed E-state index contributed by atoms with van der Waals surface area (Å²) in [6, 6.07) is 11.4. The van der Waals surface area contributed by atoms with Gasteiger partial charge in [-0.15, -0.1) is 0 Å². The molecule has 4 N–H and O–H groups in total. The van der Waals surface area contributed by atoms with Gasteiger partial charge in [0.05, 0.1) is 18.8 Å². The summed E-state index contributed by atoms with van der Waals surface area (Å²) in [4.78, 5) is 33.0. The van der Waals surface area contributed by atoms with Gasteiger partial charge in [0.1, 0.15) is 17.3 Å². The molecule has 0 atom stereocenters. The summed E-state index contributed by atoms with van der Waals surface area (Å²) in [6.07, 6.45) is 2.86. The van der Waals surface area contributed by atoms with E-state index in [1.54, 1.807) is 30.3 Å². The highest BCUT2D eigenvalue weighted by atomic mass is 19.1. The molecule has 0 amide bonds. The predicted octanol–water partition coefficient (Wildman–Crippen LogP) is 2.75. The van der Waals surface area contributed by atoms with Gasteiger partial charge in [-0.05, 0) is 74.7 Å². The van der Waals surface area contributed by atoms with Crippen LogP contribution in [0, 0.1) is 11.7 Å². The van der Waals surface area contributed by atoms with Crippen molar-refractivity contribution in [3.8, 4) is 11.5 Å². The summed E-state index contributed by atoms with van der Waals surface area (Å²) >= 11 is 0. The molecule has 0 saturated carbocycles. The lowest BCUT2D eigenvalue weighted by atomic mass is 9.97. The molecule has 11 nitrogen and oxygen atoms in total. The summed E-state index contributed by atoms with van der Waals surface area (Å²) < 4.78 is 26.0. The van der Waals surface area contributed by atoms with Crippen LogP contribution in [0.3, 0.4) is 0 Å². The fourth-order valence-corrected chi connectivity index (χ4v) is 3.91. The van der Waals surface area contributed by atoms with Gasteiger partial charge in [0.2, 0.25) is 0 Å². The topological polar surface area (TPSA) is 151 Å². The first-order valence-electron chi connectivity index (χ1n) is 12.6. The lowest BCUT2D eigenvalue weighted by Crippen LogP contribution is -2.36. The molecule has 0 aliphatic carbocycles. The van der Waals surface area contributed by atoms with E-state index in [0.29, 0.717) is 30.4 Å². The molecular formula is C27H34FN5O6. The van der Waals surface area contributed by atoms with Crippen molar-refractivity contribution in [2.45, 2.75) is 33.1 Å². The minimum Gasteiger partial charge on any atom is -0.494 e. The number of amidine groups is 2. The van der Waals surface area contributed by atoms with Crippen LogP contribution in [-0.2, 0) is 19.3 Å². The summed E-state index contributed by atoms with van der Waals surface area (Å²) in [7, 11) is 0. The molecule has 0 unspecified atom stereocenters. The maximum absolute atomic E-state index is 14.4. The minimum atomic E-state index is -0.641.